The van der Waals surface area contributed by atoms with Crippen LogP contribution in [0.15, 0.2) is 71.8 Å². The van der Waals surface area contributed by atoms with Gasteiger partial charge in [-0.3, -0.25) is 0 Å². The second-order valence-electron chi connectivity index (χ2n) is 9.35. The first-order valence-corrected chi connectivity index (χ1v) is 12.6. The number of ether oxygens (including phenoxy) is 2. The SMILES string of the molecule is COc1cccc2c1OC1(CCC(c3ccccc3)CC1)N1N=C(c3ccc(Cl)c(Cl)c3)C[C@@H]21. The molecule has 174 valence electrons. The molecule has 3 aromatic rings. The maximum atomic E-state index is 6.85. The first-order valence-electron chi connectivity index (χ1n) is 11.8. The third kappa shape index (κ3) is 3.55. The highest BCUT2D eigenvalue weighted by molar-refractivity contribution is 6.42. The van der Waals surface area contributed by atoms with Crippen molar-refractivity contribution < 1.29 is 9.47 Å². The van der Waals surface area contributed by atoms with Gasteiger partial charge in [0.05, 0.1) is 28.9 Å². The van der Waals surface area contributed by atoms with Crippen LogP contribution in [-0.2, 0) is 0 Å². The van der Waals surface area contributed by atoms with E-state index in [0.29, 0.717) is 16.0 Å². The molecule has 0 unspecified atom stereocenters. The molecule has 0 N–H and O–H groups in total. The Morgan fingerprint density at radius 3 is 2.50 bits per heavy atom. The highest BCUT2D eigenvalue weighted by Crippen LogP contribution is 2.55. The minimum absolute atomic E-state index is 0.0941. The molecule has 0 amide bonds. The van der Waals surface area contributed by atoms with E-state index in [2.05, 4.69) is 41.4 Å². The maximum Gasteiger partial charge on any atom is 0.198 e. The predicted molar refractivity (Wildman–Crippen MR) is 136 cm³/mol. The van der Waals surface area contributed by atoms with Crippen molar-refractivity contribution in [2.75, 3.05) is 7.11 Å². The number of hydrogen-bond acceptors (Lipinski definition) is 4. The first kappa shape index (κ1) is 21.8. The Hall–Kier alpha value is -2.69. The molecule has 6 heteroatoms. The summed E-state index contributed by atoms with van der Waals surface area (Å²) < 4.78 is 12.6. The van der Waals surface area contributed by atoms with Crippen molar-refractivity contribution in [3.63, 3.8) is 0 Å². The van der Waals surface area contributed by atoms with Crippen LogP contribution in [0.4, 0.5) is 0 Å². The molecule has 1 saturated carbocycles. The fraction of sp³-hybridized carbons (Fsp3) is 0.321. The molecule has 1 aliphatic carbocycles. The van der Waals surface area contributed by atoms with Gasteiger partial charge in [-0.1, -0.05) is 71.7 Å². The molecule has 0 aromatic heterocycles. The Labute approximate surface area is 210 Å². The van der Waals surface area contributed by atoms with Crippen LogP contribution in [0.2, 0.25) is 10.0 Å². The van der Waals surface area contributed by atoms with Crippen LogP contribution in [-0.4, -0.2) is 23.6 Å². The summed E-state index contributed by atoms with van der Waals surface area (Å²) >= 11 is 12.5. The molecule has 4 nitrogen and oxygen atoms in total. The zero-order valence-corrected chi connectivity index (χ0v) is 20.5. The average Bonchev–Trinajstić information content (AvgIpc) is 3.34. The quantitative estimate of drug-likeness (QED) is 0.377. The Bertz CT molecular complexity index is 1250. The van der Waals surface area contributed by atoms with E-state index in [1.807, 2.05) is 30.3 Å². The lowest BCUT2D eigenvalue weighted by molar-refractivity contribution is -0.143. The van der Waals surface area contributed by atoms with Crippen LogP contribution in [0.1, 0.15) is 60.8 Å². The lowest BCUT2D eigenvalue weighted by atomic mass is 9.78. The molecule has 1 spiro atoms. The molecule has 34 heavy (non-hydrogen) atoms. The summed E-state index contributed by atoms with van der Waals surface area (Å²) in [5.41, 5.74) is 4.04. The molecule has 2 aliphatic heterocycles. The van der Waals surface area contributed by atoms with Gasteiger partial charge < -0.3 is 9.47 Å². The van der Waals surface area contributed by atoms with Gasteiger partial charge in [0, 0.05) is 24.8 Å². The maximum absolute atomic E-state index is 6.85. The van der Waals surface area contributed by atoms with Gasteiger partial charge in [-0.05, 0) is 48.1 Å². The normalized spacial score (nSPS) is 25.4. The fourth-order valence-electron chi connectivity index (χ4n) is 5.74. The molecule has 3 aliphatic rings. The Morgan fingerprint density at radius 2 is 1.76 bits per heavy atom. The molecule has 3 aromatic carbocycles. The molecule has 0 saturated heterocycles. The number of nitrogens with zero attached hydrogens (tertiary/aromatic N) is 2. The van der Waals surface area contributed by atoms with Crippen molar-refractivity contribution >= 4 is 28.9 Å². The van der Waals surface area contributed by atoms with E-state index >= 15 is 0 Å². The largest absolute Gasteiger partial charge is 0.493 e. The summed E-state index contributed by atoms with van der Waals surface area (Å²) in [6, 6.07) is 22.8. The Kier molecular flexibility index (Phi) is 5.46. The van der Waals surface area contributed by atoms with E-state index in [-0.39, 0.29) is 6.04 Å². The molecule has 1 fully saturated rings. The van der Waals surface area contributed by atoms with E-state index in [4.69, 9.17) is 37.8 Å². The summed E-state index contributed by atoms with van der Waals surface area (Å²) in [5, 5.41) is 8.49. The first-order chi connectivity index (χ1) is 16.6. The predicted octanol–water partition coefficient (Wildman–Crippen LogP) is 7.60. The number of methoxy groups -OCH3 is 1. The standard InChI is InChI=1S/C28H26Cl2N2O2/c1-33-26-9-5-8-21-25-17-24(20-10-11-22(29)23(30)16-20)31-32(25)28(34-27(21)26)14-12-19(13-15-28)18-6-3-2-4-7-18/h2-11,16,19,25H,12-15,17H2,1H3/t19?,25-,28?/m0/s1. The highest BCUT2D eigenvalue weighted by atomic mass is 35.5. The second-order valence-corrected chi connectivity index (χ2v) is 10.2. The summed E-state index contributed by atoms with van der Waals surface area (Å²) in [5.74, 6) is 2.17. The third-order valence-corrected chi connectivity index (χ3v) is 8.24. The summed E-state index contributed by atoms with van der Waals surface area (Å²) in [7, 11) is 1.70. The molecule has 0 radical (unpaired) electrons. The smallest absolute Gasteiger partial charge is 0.198 e. The summed E-state index contributed by atoms with van der Waals surface area (Å²) in [6.45, 7) is 0. The second kappa shape index (κ2) is 8.51. The number of benzene rings is 3. The van der Waals surface area contributed by atoms with E-state index in [1.54, 1.807) is 7.11 Å². The minimum Gasteiger partial charge on any atom is -0.493 e. The van der Waals surface area contributed by atoms with Crippen molar-refractivity contribution in [1.29, 1.82) is 0 Å². The van der Waals surface area contributed by atoms with Crippen molar-refractivity contribution in [1.82, 2.24) is 5.01 Å². The third-order valence-electron chi connectivity index (χ3n) is 7.50. The topological polar surface area (TPSA) is 34.1 Å². The number of fused-ring (bicyclic) bond motifs is 4. The molecule has 2 heterocycles. The van der Waals surface area contributed by atoms with Gasteiger partial charge in [-0.15, -0.1) is 0 Å². The highest BCUT2D eigenvalue weighted by Gasteiger charge is 2.52. The zero-order valence-electron chi connectivity index (χ0n) is 19.0. The van der Waals surface area contributed by atoms with Crippen LogP contribution in [0.25, 0.3) is 0 Å². The number of hydrogen-bond donors (Lipinski definition) is 0. The average molecular weight is 493 g/mol. The number of hydrazone groups is 1. The molecule has 0 bridgehead atoms. The number of rotatable bonds is 3. The fourth-order valence-corrected chi connectivity index (χ4v) is 6.04. The molecular formula is C28H26Cl2N2O2. The van der Waals surface area contributed by atoms with Crippen LogP contribution in [0.5, 0.6) is 11.5 Å². The molecule has 6 rings (SSSR count). The summed E-state index contributed by atoms with van der Waals surface area (Å²) in [4.78, 5) is 0. The van der Waals surface area contributed by atoms with E-state index < -0.39 is 5.72 Å². The van der Waals surface area contributed by atoms with Gasteiger partial charge >= 0.3 is 0 Å². The zero-order chi connectivity index (χ0) is 23.3. The lowest BCUT2D eigenvalue weighted by Crippen LogP contribution is -2.55. The van der Waals surface area contributed by atoms with E-state index in [9.17, 15) is 0 Å². The van der Waals surface area contributed by atoms with Gasteiger partial charge in [-0.25, -0.2) is 5.01 Å². The number of halogens is 2. The summed E-state index contributed by atoms with van der Waals surface area (Å²) in [6.07, 6.45) is 4.69. The van der Waals surface area contributed by atoms with Gasteiger partial charge in [0.2, 0.25) is 0 Å². The minimum atomic E-state index is -0.491. The van der Waals surface area contributed by atoms with Crippen molar-refractivity contribution in [2.45, 2.75) is 49.8 Å². The van der Waals surface area contributed by atoms with E-state index in [0.717, 1.165) is 60.4 Å². The lowest BCUT2D eigenvalue weighted by Gasteiger charge is -2.50. The van der Waals surface area contributed by atoms with Crippen molar-refractivity contribution in [2.24, 2.45) is 5.10 Å². The van der Waals surface area contributed by atoms with Crippen molar-refractivity contribution in [3.8, 4) is 11.5 Å². The van der Waals surface area contributed by atoms with Crippen LogP contribution in [0, 0.1) is 0 Å². The monoisotopic (exact) mass is 492 g/mol. The van der Waals surface area contributed by atoms with E-state index in [1.165, 1.54) is 5.56 Å². The van der Waals surface area contributed by atoms with Gasteiger partial charge in [-0.2, -0.15) is 5.10 Å². The number of para-hydroxylation sites is 1. The Morgan fingerprint density at radius 1 is 0.971 bits per heavy atom. The molecular weight excluding hydrogens is 467 g/mol. The Balaban J connectivity index is 1.39. The molecule has 1 atom stereocenters. The van der Waals surface area contributed by atoms with Gasteiger partial charge in [0.25, 0.3) is 0 Å². The van der Waals surface area contributed by atoms with Crippen molar-refractivity contribution in [3.05, 3.63) is 93.5 Å². The van der Waals surface area contributed by atoms with Crippen LogP contribution < -0.4 is 9.47 Å². The van der Waals surface area contributed by atoms with Crippen LogP contribution in [0.3, 0.4) is 0 Å². The van der Waals surface area contributed by atoms with Gasteiger partial charge in [0.1, 0.15) is 0 Å². The van der Waals surface area contributed by atoms with Crippen LogP contribution >= 0.6 is 23.2 Å². The van der Waals surface area contributed by atoms with Gasteiger partial charge in [0.15, 0.2) is 17.2 Å².